The molecule has 0 saturated heterocycles. The van der Waals surface area contributed by atoms with Gasteiger partial charge in [0.2, 0.25) is 0 Å². The van der Waals surface area contributed by atoms with Crippen molar-refractivity contribution >= 4 is 11.8 Å². The van der Waals surface area contributed by atoms with E-state index in [1.807, 2.05) is 18.2 Å². The zero-order chi connectivity index (χ0) is 13.7. The summed E-state index contributed by atoms with van der Waals surface area (Å²) in [6.07, 6.45) is 1.86. The summed E-state index contributed by atoms with van der Waals surface area (Å²) in [6.45, 7) is 12.7. The Morgan fingerprint density at radius 1 is 1.17 bits per heavy atom. The van der Waals surface area contributed by atoms with Crippen LogP contribution in [0.5, 0.6) is 0 Å². The maximum absolute atomic E-state index is 5.67. The summed E-state index contributed by atoms with van der Waals surface area (Å²) in [7, 11) is 1.75. The Kier molecular flexibility index (Phi) is 5.21. The number of allylic oxidation sites excluding steroid dienone is 1. The molecule has 18 heavy (non-hydrogen) atoms. The smallest absolute Gasteiger partial charge is 0.125 e. The Morgan fingerprint density at radius 3 is 2.22 bits per heavy atom. The van der Waals surface area contributed by atoms with E-state index in [-0.39, 0.29) is 0 Å². The van der Waals surface area contributed by atoms with Gasteiger partial charge in [-0.05, 0) is 29.0 Å². The molecule has 0 atom stereocenters. The highest BCUT2D eigenvalue weighted by atomic mass is 16.5. The lowest BCUT2D eigenvalue weighted by atomic mass is 9.89. The van der Waals surface area contributed by atoms with Crippen LogP contribution in [0.15, 0.2) is 36.4 Å². The minimum absolute atomic E-state index is 0.479. The number of hydrogen-bond donors (Lipinski definition) is 0. The van der Waals surface area contributed by atoms with Gasteiger partial charge in [-0.25, -0.2) is 0 Å². The highest BCUT2D eigenvalue weighted by molar-refractivity contribution is 5.66. The van der Waals surface area contributed by atoms with E-state index in [9.17, 15) is 0 Å². The average Bonchev–Trinajstić information content (AvgIpc) is 2.34. The van der Waals surface area contributed by atoms with Gasteiger partial charge in [0.05, 0.1) is 7.11 Å². The molecule has 1 heteroatoms. The number of ether oxygens (including phenoxy) is 1. The molecule has 0 bridgehead atoms. The first kappa shape index (κ1) is 14.6. The van der Waals surface area contributed by atoms with Crippen molar-refractivity contribution in [1.82, 2.24) is 0 Å². The fourth-order valence-electron chi connectivity index (χ4n) is 2.40. The zero-order valence-electron chi connectivity index (χ0n) is 12.2. The minimum atomic E-state index is 0.479. The standard InChI is InChI=1S/C17H24O/c1-7-14-9-8-10-15(11-14)17(18-6)16(12(2)3)13(4)5/h7-13H,1H2,2-6H3. The van der Waals surface area contributed by atoms with Crippen LogP contribution in [-0.4, -0.2) is 7.11 Å². The lowest BCUT2D eigenvalue weighted by Gasteiger charge is -2.21. The van der Waals surface area contributed by atoms with Crippen molar-refractivity contribution in [1.29, 1.82) is 0 Å². The first-order valence-corrected chi connectivity index (χ1v) is 6.52. The molecule has 1 nitrogen and oxygen atoms in total. The van der Waals surface area contributed by atoms with Crippen molar-refractivity contribution in [3.63, 3.8) is 0 Å². The zero-order valence-corrected chi connectivity index (χ0v) is 12.2. The lowest BCUT2D eigenvalue weighted by molar-refractivity contribution is 0.357. The van der Waals surface area contributed by atoms with Gasteiger partial charge >= 0.3 is 0 Å². The molecule has 0 aliphatic heterocycles. The second-order valence-corrected chi connectivity index (χ2v) is 5.13. The second kappa shape index (κ2) is 6.44. The summed E-state index contributed by atoms with van der Waals surface area (Å²) in [6, 6.07) is 8.31. The summed E-state index contributed by atoms with van der Waals surface area (Å²) in [5.41, 5.74) is 3.61. The first-order valence-electron chi connectivity index (χ1n) is 6.52. The Labute approximate surface area is 111 Å². The van der Waals surface area contributed by atoms with Crippen LogP contribution in [0.2, 0.25) is 0 Å². The third-order valence-electron chi connectivity index (χ3n) is 3.09. The fourth-order valence-corrected chi connectivity index (χ4v) is 2.40. The highest BCUT2D eigenvalue weighted by Crippen LogP contribution is 2.30. The van der Waals surface area contributed by atoms with Crippen molar-refractivity contribution < 1.29 is 4.74 Å². The van der Waals surface area contributed by atoms with Gasteiger partial charge in [0.25, 0.3) is 0 Å². The van der Waals surface area contributed by atoms with Crippen LogP contribution in [0.25, 0.3) is 11.8 Å². The summed E-state index contributed by atoms with van der Waals surface area (Å²) in [5.74, 6) is 1.96. The van der Waals surface area contributed by atoms with Crippen LogP contribution in [0.4, 0.5) is 0 Å². The second-order valence-electron chi connectivity index (χ2n) is 5.13. The number of hydrogen-bond acceptors (Lipinski definition) is 1. The monoisotopic (exact) mass is 244 g/mol. The van der Waals surface area contributed by atoms with Crippen molar-refractivity contribution in [2.75, 3.05) is 7.11 Å². The van der Waals surface area contributed by atoms with E-state index in [1.54, 1.807) is 7.11 Å². The van der Waals surface area contributed by atoms with Gasteiger partial charge in [0, 0.05) is 5.56 Å². The van der Waals surface area contributed by atoms with E-state index in [4.69, 9.17) is 4.74 Å². The van der Waals surface area contributed by atoms with Gasteiger partial charge in [0.1, 0.15) is 5.76 Å². The molecule has 0 fully saturated rings. The Balaban J connectivity index is 3.37. The molecule has 98 valence electrons. The molecule has 0 amide bonds. The first-order chi connectivity index (χ1) is 8.51. The van der Waals surface area contributed by atoms with Crippen LogP contribution in [0.1, 0.15) is 38.8 Å². The molecular formula is C17H24O. The predicted octanol–water partition coefficient (Wildman–Crippen LogP) is 5.00. The van der Waals surface area contributed by atoms with Gasteiger partial charge in [-0.2, -0.15) is 0 Å². The molecule has 0 unspecified atom stereocenters. The summed E-state index contributed by atoms with van der Waals surface area (Å²) in [4.78, 5) is 0. The fraction of sp³-hybridized carbons (Fsp3) is 0.412. The van der Waals surface area contributed by atoms with Crippen molar-refractivity contribution in [3.05, 3.63) is 47.5 Å². The maximum Gasteiger partial charge on any atom is 0.125 e. The topological polar surface area (TPSA) is 9.23 Å². The Morgan fingerprint density at radius 2 is 1.78 bits per heavy atom. The molecule has 0 saturated carbocycles. The van der Waals surface area contributed by atoms with Crippen LogP contribution >= 0.6 is 0 Å². The van der Waals surface area contributed by atoms with E-state index in [1.165, 1.54) is 5.57 Å². The van der Waals surface area contributed by atoms with Gasteiger partial charge < -0.3 is 4.74 Å². The van der Waals surface area contributed by atoms with Gasteiger partial charge in [-0.1, -0.05) is 58.5 Å². The third kappa shape index (κ3) is 3.25. The molecular weight excluding hydrogens is 220 g/mol. The molecule has 0 N–H and O–H groups in total. The molecule has 1 aromatic carbocycles. The molecule has 0 aromatic heterocycles. The molecule has 0 aliphatic rings. The van der Waals surface area contributed by atoms with Crippen molar-refractivity contribution in [3.8, 4) is 0 Å². The van der Waals surface area contributed by atoms with E-state index < -0.39 is 0 Å². The highest BCUT2D eigenvalue weighted by Gasteiger charge is 2.16. The Bertz CT molecular complexity index is 429. The Hall–Kier alpha value is -1.50. The number of benzene rings is 1. The van der Waals surface area contributed by atoms with Crippen LogP contribution in [0.3, 0.4) is 0 Å². The molecule has 0 spiro atoms. The van der Waals surface area contributed by atoms with Gasteiger partial charge in [-0.3, -0.25) is 0 Å². The summed E-state index contributed by atoms with van der Waals surface area (Å²) >= 11 is 0. The van der Waals surface area contributed by atoms with E-state index >= 15 is 0 Å². The number of rotatable bonds is 5. The molecule has 1 rings (SSSR count). The van der Waals surface area contributed by atoms with E-state index in [2.05, 4.69) is 46.4 Å². The summed E-state index contributed by atoms with van der Waals surface area (Å²) in [5, 5.41) is 0. The van der Waals surface area contributed by atoms with E-state index in [0.29, 0.717) is 11.8 Å². The van der Waals surface area contributed by atoms with Gasteiger partial charge in [-0.15, -0.1) is 0 Å². The SMILES string of the molecule is C=Cc1cccc(C(OC)=C(C(C)C)C(C)C)c1. The molecule has 0 radical (unpaired) electrons. The maximum atomic E-state index is 5.67. The van der Waals surface area contributed by atoms with Crippen molar-refractivity contribution in [2.24, 2.45) is 11.8 Å². The van der Waals surface area contributed by atoms with Crippen molar-refractivity contribution in [2.45, 2.75) is 27.7 Å². The minimum Gasteiger partial charge on any atom is -0.496 e. The molecule has 0 aliphatic carbocycles. The van der Waals surface area contributed by atoms with Gasteiger partial charge in [0.15, 0.2) is 0 Å². The quantitative estimate of drug-likeness (QED) is 0.662. The predicted molar refractivity (Wildman–Crippen MR) is 80.1 cm³/mol. The van der Waals surface area contributed by atoms with Crippen LogP contribution in [-0.2, 0) is 4.74 Å². The van der Waals surface area contributed by atoms with E-state index in [0.717, 1.165) is 16.9 Å². The lowest BCUT2D eigenvalue weighted by Crippen LogP contribution is -2.07. The molecule has 1 aromatic rings. The molecule has 0 heterocycles. The average molecular weight is 244 g/mol. The summed E-state index contributed by atoms with van der Waals surface area (Å²) < 4.78 is 5.67. The largest absolute Gasteiger partial charge is 0.496 e. The van der Waals surface area contributed by atoms with Crippen LogP contribution in [0, 0.1) is 11.8 Å². The third-order valence-corrected chi connectivity index (χ3v) is 3.09. The number of methoxy groups -OCH3 is 1. The normalized spacial score (nSPS) is 10.6. The van der Waals surface area contributed by atoms with Crippen LogP contribution < -0.4 is 0 Å².